The van der Waals surface area contributed by atoms with Crippen LogP contribution in [-0.2, 0) is 9.78 Å². The van der Waals surface area contributed by atoms with Crippen LogP contribution in [0, 0.1) is 0 Å². The molecule has 0 saturated carbocycles. The van der Waals surface area contributed by atoms with Crippen LogP contribution < -0.4 is 10.4 Å². The monoisotopic (exact) mass is 286 g/mol. The van der Waals surface area contributed by atoms with Crippen LogP contribution in [0.15, 0.2) is 60.7 Å². The highest BCUT2D eigenvalue weighted by Crippen LogP contribution is 2.07. The van der Waals surface area contributed by atoms with E-state index >= 15 is 0 Å². The summed E-state index contributed by atoms with van der Waals surface area (Å²) in [7, 11) is -1.39. The van der Waals surface area contributed by atoms with Crippen LogP contribution in [0.1, 0.15) is 20.8 Å². The Labute approximate surface area is 122 Å². The summed E-state index contributed by atoms with van der Waals surface area (Å²) >= 11 is 0. The Hall–Kier alpha value is -1.42. The summed E-state index contributed by atoms with van der Waals surface area (Å²) in [4.78, 5) is 11.0. The van der Waals surface area contributed by atoms with E-state index in [-0.39, 0.29) is 5.60 Å². The second kappa shape index (κ2) is 6.84. The summed E-state index contributed by atoms with van der Waals surface area (Å²) in [5.74, 6) is 0. The van der Waals surface area contributed by atoms with Gasteiger partial charge in [-0.2, -0.15) is 0 Å². The first-order chi connectivity index (χ1) is 9.56. The minimum absolute atomic E-state index is 0.272. The van der Waals surface area contributed by atoms with Gasteiger partial charge in [0.15, 0.2) is 0 Å². The molecule has 0 N–H and O–H groups in total. The van der Waals surface area contributed by atoms with Gasteiger partial charge in [0.05, 0.1) is 11.8 Å². The highest BCUT2D eigenvalue weighted by Gasteiger charge is 2.19. The lowest BCUT2D eigenvalue weighted by molar-refractivity contribution is -0.337. The molecule has 0 spiro atoms. The fourth-order valence-electron chi connectivity index (χ4n) is 2.03. The maximum absolute atomic E-state index is 5.53. The van der Waals surface area contributed by atoms with Gasteiger partial charge in [0.1, 0.15) is 8.80 Å². The van der Waals surface area contributed by atoms with Gasteiger partial charge in [0.2, 0.25) is 0 Å². The normalized spacial score (nSPS) is 11.8. The van der Waals surface area contributed by atoms with E-state index in [4.69, 9.17) is 9.78 Å². The zero-order chi connectivity index (χ0) is 14.4. The molecule has 0 saturated heterocycles. The Kier molecular flexibility index (Phi) is 5.12. The minimum atomic E-state index is -1.39. The highest BCUT2D eigenvalue weighted by molar-refractivity contribution is 6.85. The van der Waals surface area contributed by atoms with Crippen LogP contribution in [0.2, 0.25) is 0 Å². The van der Waals surface area contributed by atoms with Crippen molar-refractivity contribution in [2.24, 2.45) is 0 Å². The first kappa shape index (κ1) is 15.0. The average Bonchev–Trinajstić information content (AvgIpc) is 2.44. The lowest BCUT2D eigenvalue weighted by atomic mass is 10.2. The van der Waals surface area contributed by atoms with Crippen molar-refractivity contribution in [3.8, 4) is 0 Å². The molecular weight excluding hydrogens is 264 g/mol. The molecule has 20 heavy (non-hydrogen) atoms. The summed E-state index contributed by atoms with van der Waals surface area (Å²) in [6.45, 7) is 5.98. The molecule has 0 aliphatic heterocycles. The Bertz CT molecular complexity index is 466. The van der Waals surface area contributed by atoms with Gasteiger partial charge in [-0.15, -0.1) is 0 Å². The van der Waals surface area contributed by atoms with Crippen LogP contribution in [0.25, 0.3) is 0 Å². The third-order valence-electron chi connectivity index (χ3n) is 2.95. The number of benzene rings is 2. The van der Waals surface area contributed by atoms with Crippen LogP contribution in [0.4, 0.5) is 0 Å². The molecule has 0 unspecified atom stereocenters. The Morgan fingerprint density at radius 2 is 1.25 bits per heavy atom. The maximum atomic E-state index is 5.53. The molecule has 0 aliphatic carbocycles. The smallest absolute Gasteiger partial charge is 0.135 e. The Morgan fingerprint density at radius 1 is 0.800 bits per heavy atom. The molecule has 3 heteroatoms. The zero-order valence-electron chi connectivity index (χ0n) is 12.4. The molecule has 0 fully saturated rings. The van der Waals surface area contributed by atoms with E-state index in [1.54, 1.807) is 0 Å². The predicted octanol–water partition coefficient (Wildman–Crippen LogP) is 2.31. The van der Waals surface area contributed by atoms with E-state index in [2.05, 4.69) is 48.5 Å². The number of hydrogen-bond donors (Lipinski definition) is 0. The van der Waals surface area contributed by atoms with Crippen molar-refractivity contribution in [1.29, 1.82) is 0 Å². The van der Waals surface area contributed by atoms with Crippen LogP contribution >= 0.6 is 0 Å². The highest BCUT2D eigenvalue weighted by atomic mass is 28.3. The summed E-state index contributed by atoms with van der Waals surface area (Å²) in [5.41, 5.74) is -0.272. The summed E-state index contributed by atoms with van der Waals surface area (Å²) in [6.07, 6.45) is 0.644. The van der Waals surface area contributed by atoms with Crippen molar-refractivity contribution in [2.45, 2.75) is 26.4 Å². The minimum Gasteiger partial charge on any atom is -0.239 e. The lowest BCUT2D eigenvalue weighted by Gasteiger charge is -2.21. The van der Waals surface area contributed by atoms with E-state index < -0.39 is 8.80 Å². The summed E-state index contributed by atoms with van der Waals surface area (Å²) < 4.78 is 0. The molecule has 0 atom stereocenters. The predicted molar refractivity (Wildman–Crippen MR) is 86.1 cm³/mol. The topological polar surface area (TPSA) is 18.5 Å². The summed E-state index contributed by atoms with van der Waals surface area (Å²) in [6, 6.07) is 21.2. The van der Waals surface area contributed by atoms with Crippen molar-refractivity contribution in [1.82, 2.24) is 0 Å². The van der Waals surface area contributed by atoms with Gasteiger partial charge in [0.25, 0.3) is 0 Å². The number of hydrogen-bond acceptors (Lipinski definition) is 2. The van der Waals surface area contributed by atoms with E-state index in [0.29, 0.717) is 6.23 Å². The molecule has 0 heterocycles. The van der Waals surface area contributed by atoms with Crippen molar-refractivity contribution in [3.05, 3.63) is 60.7 Å². The van der Waals surface area contributed by atoms with Gasteiger partial charge in [-0.1, -0.05) is 71.0 Å². The molecule has 0 radical (unpaired) electrons. The Balaban J connectivity index is 2.13. The first-order valence-corrected chi connectivity index (χ1v) is 8.94. The largest absolute Gasteiger partial charge is 0.239 e. The van der Waals surface area contributed by atoms with Crippen LogP contribution in [0.5, 0.6) is 0 Å². The lowest BCUT2D eigenvalue weighted by Crippen LogP contribution is -2.46. The quantitative estimate of drug-likeness (QED) is 0.477. The standard InChI is InChI=1S/C17H22O2Si/c1-17(2,3)19-18-14-20(15-10-6-4-7-11-15)16-12-8-5-9-13-16/h4-13,20H,14H2,1-3H3. The van der Waals surface area contributed by atoms with Crippen molar-refractivity contribution in [3.63, 3.8) is 0 Å². The zero-order valence-corrected chi connectivity index (χ0v) is 13.5. The Morgan fingerprint density at radius 3 is 1.65 bits per heavy atom. The van der Waals surface area contributed by atoms with E-state index in [9.17, 15) is 0 Å². The van der Waals surface area contributed by atoms with Crippen LogP contribution in [-0.4, -0.2) is 20.6 Å². The van der Waals surface area contributed by atoms with Crippen LogP contribution in [0.3, 0.4) is 0 Å². The van der Waals surface area contributed by atoms with Crippen molar-refractivity contribution < 1.29 is 9.78 Å². The fourth-order valence-corrected chi connectivity index (χ4v) is 4.38. The molecule has 106 valence electrons. The van der Waals surface area contributed by atoms with E-state index in [1.807, 2.05) is 32.9 Å². The third kappa shape index (κ3) is 4.60. The molecule has 2 nitrogen and oxygen atoms in total. The van der Waals surface area contributed by atoms with Gasteiger partial charge < -0.3 is 0 Å². The van der Waals surface area contributed by atoms with E-state index in [1.165, 1.54) is 10.4 Å². The van der Waals surface area contributed by atoms with Gasteiger partial charge in [-0.25, -0.2) is 9.78 Å². The molecule has 2 aromatic rings. The molecular formula is C17H22O2Si. The van der Waals surface area contributed by atoms with Gasteiger partial charge in [0, 0.05) is 0 Å². The molecule has 0 bridgehead atoms. The molecule has 2 rings (SSSR count). The van der Waals surface area contributed by atoms with Crippen molar-refractivity contribution in [2.75, 3.05) is 6.23 Å². The molecule has 2 aromatic carbocycles. The van der Waals surface area contributed by atoms with Gasteiger partial charge >= 0.3 is 0 Å². The van der Waals surface area contributed by atoms with Gasteiger partial charge in [-0.3, -0.25) is 0 Å². The second-order valence-corrected chi connectivity index (χ2v) is 8.63. The van der Waals surface area contributed by atoms with Crippen molar-refractivity contribution >= 4 is 19.2 Å². The average molecular weight is 286 g/mol. The third-order valence-corrected chi connectivity index (χ3v) is 5.80. The maximum Gasteiger partial charge on any atom is 0.135 e. The second-order valence-electron chi connectivity index (χ2n) is 5.85. The molecule has 0 aliphatic rings. The molecule has 0 amide bonds. The first-order valence-electron chi connectivity index (χ1n) is 6.97. The SMILES string of the molecule is CC(C)(C)OOC[SiH](c1ccccc1)c1ccccc1. The summed E-state index contributed by atoms with van der Waals surface area (Å²) in [5, 5.41) is 2.74. The van der Waals surface area contributed by atoms with Gasteiger partial charge in [-0.05, 0) is 20.8 Å². The number of rotatable bonds is 5. The molecule has 0 aromatic heterocycles. The fraction of sp³-hybridized carbons (Fsp3) is 0.294. The van der Waals surface area contributed by atoms with E-state index in [0.717, 1.165) is 0 Å².